The molecule has 2 heterocycles. The van der Waals surface area contributed by atoms with Crippen LogP contribution in [-0.2, 0) is 14.8 Å². The predicted octanol–water partition coefficient (Wildman–Crippen LogP) is 1.50. The maximum absolute atomic E-state index is 12.8. The van der Waals surface area contributed by atoms with E-state index in [1.165, 1.54) is 12.1 Å². The van der Waals surface area contributed by atoms with Crippen LogP contribution in [0.2, 0.25) is 0 Å². The van der Waals surface area contributed by atoms with E-state index >= 15 is 0 Å². The van der Waals surface area contributed by atoms with Crippen LogP contribution in [0.3, 0.4) is 0 Å². The molecule has 10 nitrogen and oxygen atoms in total. The Morgan fingerprint density at radius 3 is 2.61 bits per heavy atom. The average Bonchev–Trinajstić information content (AvgIpc) is 3.16. The fourth-order valence-electron chi connectivity index (χ4n) is 3.00. The maximum atomic E-state index is 12.8. The van der Waals surface area contributed by atoms with Crippen LogP contribution >= 0.6 is 0 Å². The summed E-state index contributed by atoms with van der Waals surface area (Å²) in [5, 5.41) is 7.28. The summed E-state index contributed by atoms with van der Waals surface area (Å²) >= 11 is 0. The van der Waals surface area contributed by atoms with Crippen LogP contribution < -0.4 is 20.5 Å². The van der Waals surface area contributed by atoms with Crippen LogP contribution in [0.4, 0.5) is 16.3 Å². The number of benzene rings is 2. The van der Waals surface area contributed by atoms with Crippen molar-refractivity contribution in [1.82, 2.24) is 16.0 Å². The van der Waals surface area contributed by atoms with Gasteiger partial charge >= 0.3 is 6.03 Å². The minimum Gasteiger partial charge on any atom is -0.360 e. The number of carbonyl (C=O) groups is 2. The van der Waals surface area contributed by atoms with Crippen LogP contribution in [0.5, 0.6) is 0 Å². The smallest absolute Gasteiger partial charge is 0.339 e. The van der Waals surface area contributed by atoms with Gasteiger partial charge in [0.2, 0.25) is 0 Å². The lowest BCUT2D eigenvalue weighted by Gasteiger charge is -2.18. The summed E-state index contributed by atoms with van der Waals surface area (Å²) in [5.41, 5.74) is 4.72. The first-order valence-corrected chi connectivity index (χ1v) is 9.64. The van der Waals surface area contributed by atoms with Crippen LogP contribution in [0.25, 0.3) is 10.8 Å². The summed E-state index contributed by atoms with van der Waals surface area (Å²) in [6, 6.07) is 10.9. The zero-order valence-corrected chi connectivity index (χ0v) is 15.4. The molecule has 3 amide bonds. The van der Waals surface area contributed by atoms with Gasteiger partial charge in [0.1, 0.15) is 12.3 Å². The molecule has 4 rings (SSSR count). The molecule has 0 unspecified atom stereocenters. The van der Waals surface area contributed by atoms with Gasteiger partial charge in [-0.3, -0.25) is 19.8 Å². The number of nitrogens with zero attached hydrogens (tertiary/aromatic N) is 2. The monoisotopic (exact) mass is 401 g/mol. The molecule has 144 valence electrons. The normalized spacial score (nSPS) is 14.1. The first kappa shape index (κ1) is 17.8. The second-order valence-electron chi connectivity index (χ2n) is 6.09. The summed E-state index contributed by atoms with van der Waals surface area (Å²) < 4.78 is 31.4. The van der Waals surface area contributed by atoms with E-state index in [2.05, 4.69) is 21.3 Å². The van der Waals surface area contributed by atoms with Gasteiger partial charge in [-0.05, 0) is 24.4 Å². The predicted molar refractivity (Wildman–Crippen MR) is 100 cm³/mol. The van der Waals surface area contributed by atoms with Crippen molar-refractivity contribution in [3.05, 3.63) is 48.2 Å². The van der Waals surface area contributed by atoms with E-state index in [0.29, 0.717) is 16.8 Å². The maximum Gasteiger partial charge on any atom is 0.339 e. The average molecular weight is 401 g/mol. The van der Waals surface area contributed by atoms with Crippen molar-refractivity contribution in [2.75, 3.05) is 16.2 Å². The van der Waals surface area contributed by atoms with E-state index in [-0.39, 0.29) is 10.7 Å². The van der Waals surface area contributed by atoms with Crippen LogP contribution in [-0.4, -0.2) is 32.1 Å². The number of rotatable bonds is 3. The van der Waals surface area contributed by atoms with Crippen molar-refractivity contribution < 1.29 is 22.5 Å². The Kier molecular flexibility index (Phi) is 4.15. The molecule has 0 bridgehead atoms. The number of aryl methyl sites for hydroxylation is 1. The fraction of sp³-hybridized carbons (Fsp3) is 0.118. The number of carbonyl (C=O) groups excluding carboxylic acids is 2. The van der Waals surface area contributed by atoms with Crippen molar-refractivity contribution in [2.24, 2.45) is 0 Å². The quantitative estimate of drug-likeness (QED) is 0.570. The van der Waals surface area contributed by atoms with Crippen molar-refractivity contribution >= 4 is 44.2 Å². The summed E-state index contributed by atoms with van der Waals surface area (Å²) in [6.45, 7) is 1.17. The minimum absolute atomic E-state index is 0.153. The molecule has 1 aliphatic rings. The standard InChI is InChI=1S/C17H15N5O5S/c1-10-8-14(21-27-10)18-17(24)20-19-15(23)9-22-12-6-2-4-11-5-3-7-13(16(11)12)28(22,25)26/h2-8H,9H2,1H3,(H,19,23)(H2,18,20,21,24). The van der Waals surface area contributed by atoms with Gasteiger partial charge < -0.3 is 4.52 Å². The Bertz CT molecular complexity index is 1200. The van der Waals surface area contributed by atoms with Crippen LogP contribution in [0, 0.1) is 6.92 Å². The fourth-order valence-corrected chi connectivity index (χ4v) is 4.66. The highest BCUT2D eigenvalue weighted by Gasteiger charge is 2.36. The van der Waals surface area contributed by atoms with Crippen molar-refractivity contribution in [3.8, 4) is 0 Å². The number of hydrazine groups is 1. The molecule has 1 aliphatic heterocycles. The van der Waals surface area contributed by atoms with Crippen molar-refractivity contribution in [2.45, 2.75) is 11.8 Å². The minimum atomic E-state index is -3.86. The van der Waals surface area contributed by atoms with Crippen molar-refractivity contribution in [3.63, 3.8) is 0 Å². The van der Waals surface area contributed by atoms with E-state index in [1.807, 2.05) is 0 Å². The van der Waals surface area contributed by atoms with Crippen LogP contribution in [0.1, 0.15) is 5.76 Å². The van der Waals surface area contributed by atoms with Gasteiger partial charge in [0.25, 0.3) is 15.9 Å². The molecule has 1 aromatic heterocycles. The SMILES string of the molecule is Cc1cc(NC(=O)NNC(=O)CN2c3cccc4cccc(c34)S2(=O)=O)no1. The molecule has 2 aromatic carbocycles. The van der Waals surface area contributed by atoms with Gasteiger partial charge in [-0.1, -0.05) is 29.4 Å². The van der Waals surface area contributed by atoms with Gasteiger partial charge in [0, 0.05) is 11.5 Å². The molecule has 28 heavy (non-hydrogen) atoms. The van der Waals surface area contributed by atoms with Gasteiger partial charge in [0.05, 0.1) is 10.6 Å². The van der Waals surface area contributed by atoms with E-state index in [9.17, 15) is 18.0 Å². The molecule has 0 spiro atoms. The topological polar surface area (TPSA) is 134 Å². The Balaban J connectivity index is 1.45. The Morgan fingerprint density at radius 2 is 1.89 bits per heavy atom. The molecule has 0 saturated carbocycles. The summed E-state index contributed by atoms with van der Waals surface area (Å²) in [4.78, 5) is 24.2. The highest BCUT2D eigenvalue weighted by Crippen LogP contribution is 2.41. The second-order valence-corrected chi connectivity index (χ2v) is 7.92. The third-order valence-corrected chi connectivity index (χ3v) is 5.96. The first-order chi connectivity index (χ1) is 13.4. The number of amides is 3. The third-order valence-electron chi connectivity index (χ3n) is 4.15. The number of hydrogen-bond donors (Lipinski definition) is 3. The zero-order chi connectivity index (χ0) is 19.9. The lowest BCUT2D eigenvalue weighted by atomic mass is 10.1. The third kappa shape index (κ3) is 3.01. The van der Waals surface area contributed by atoms with E-state index in [1.54, 1.807) is 37.3 Å². The molecule has 0 radical (unpaired) electrons. The Labute approximate surface area is 159 Å². The molecule has 11 heteroatoms. The highest BCUT2D eigenvalue weighted by atomic mass is 32.2. The van der Waals surface area contributed by atoms with Gasteiger partial charge in [-0.15, -0.1) is 0 Å². The number of sulfonamides is 1. The Hall–Kier alpha value is -3.60. The number of urea groups is 1. The molecule has 0 aliphatic carbocycles. The summed E-state index contributed by atoms with van der Waals surface area (Å²) in [5.74, 6) is -0.0271. The number of aromatic nitrogens is 1. The molecular weight excluding hydrogens is 386 g/mol. The van der Waals surface area contributed by atoms with Crippen molar-refractivity contribution in [1.29, 1.82) is 0 Å². The zero-order valence-electron chi connectivity index (χ0n) is 14.6. The molecule has 3 N–H and O–H groups in total. The molecule has 3 aromatic rings. The molecular formula is C17H15N5O5S. The van der Waals surface area contributed by atoms with E-state index < -0.39 is 28.5 Å². The lowest BCUT2D eigenvalue weighted by molar-refractivity contribution is -0.120. The van der Waals surface area contributed by atoms with Gasteiger partial charge in [-0.2, -0.15) is 0 Å². The number of hydrogen-bond acceptors (Lipinski definition) is 6. The molecule has 0 saturated heterocycles. The first-order valence-electron chi connectivity index (χ1n) is 8.20. The molecule has 0 fully saturated rings. The molecule has 0 atom stereocenters. The highest BCUT2D eigenvalue weighted by molar-refractivity contribution is 7.93. The summed E-state index contributed by atoms with van der Waals surface area (Å²) in [7, 11) is -3.86. The van der Waals surface area contributed by atoms with Crippen LogP contribution in [0.15, 0.2) is 51.9 Å². The number of nitrogens with one attached hydrogen (secondary N) is 3. The second kappa shape index (κ2) is 6.53. The summed E-state index contributed by atoms with van der Waals surface area (Å²) in [6.07, 6.45) is 0. The Morgan fingerprint density at radius 1 is 1.14 bits per heavy atom. The van der Waals surface area contributed by atoms with E-state index in [0.717, 1.165) is 9.69 Å². The number of anilines is 2. The van der Waals surface area contributed by atoms with E-state index in [4.69, 9.17) is 4.52 Å². The van der Waals surface area contributed by atoms with Gasteiger partial charge in [-0.25, -0.2) is 18.6 Å². The largest absolute Gasteiger partial charge is 0.360 e. The lowest BCUT2D eigenvalue weighted by Crippen LogP contribution is -2.48. The van der Waals surface area contributed by atoms with Gasteiger partial charge in [0.15, 0.2) is 5.82 Å².